The number of ether oxygens (including phenoxy) is 1. The Labute approximate surface area is 144 Å². The molecular weight excluding hydrogens is 324 g/mol. The summed E-state index contributed by atoms with van der Waals surface area (Å²) < 4.78 is 6.47. The lowest BCUT2D eigenvalue weighted by Gasteiger charge is -2.07. The summed E-state index contributed by atoms with van der Waals surface area (Å²) in [5, 5.41) is 9.90. The summed E-state index contributed by atoms with van der Waals surface area (Å²) >= 11 is 0. The van der Waals surface area contributed by atoms with E-state index in [1.165, 1.54) is 29.8 Å². The molecule has 1 aromatic heterocycles. The average Bonchev–Trinajstić information content (AvgIpc) is 2.56. The number of amides is 1. The number of hydrogen-bond acceptors (Lipinski definition) is 5. The van der Waals surface area contributed by atoms with Crippen molar-refractivity contribution in [1.82, 2.24) is 4.57 Å². The molecule has 0 spiro atoms. The first-order valence-electron chi connectivity index (χ1n) is 7.42. The summed E-state index contributed by atoms with van der Waals surface area (Å²) in [6, 6.07) is 8.01. The van der Waals surface area contributed by atoms with Crippen LogP contribution in [0.15, 0.2) is 41.2 Å². The summed E-state index contributed by atoms with van der Waals surface area (Å²) in [5.41, 5.74) is 5.33. The van der Waals surface area contributed by atoms with E-state index in [2.05, 4.69) is 0 Å². The monoisotopic (exact) mass is 342 g/mol. The second-order valence-corrected chi connectivity index (χ2v) is 5.44. The molecule has 25 heavy (non-hydrogen) atoms. The SMILES string of the molecule is Cc1cc(O)c(C(=O)/C=C/c2cccc(OCC(N)=O)c2)c(=O)n1C. The van der Waals surface area contributed by atoms with Crippen LogP contribution < -0.4 is 16.0 Å². The zero-order valence-corrected chi connectivity index (χ0v) is 13.9. The van der Waals surface area contributed by atoms with Crippen molar-refractivity contribution in [3.8, 4) is 11.5 Å². The van der Waals surface area contributed by atoms with Crippen LogP contribution in [0.4, 0.5) is 0 Å². The third kappa shape index (κ3) is 4.35. The Balaban J connectivity index is 2.24. The van der Waals surface area contributed by atoms with Crippen molar-refractivity contribution < 1.29 is 19.4 Å². The average molecular weight is 342 g/mol. The summed E-state index contributed by atoms with van der Waals surface area (Å²) in [4.78, 5) is 35.1. The molecule has 0 saturated heterocycles. The fraction of sp³-hybridized carbons (Fsp3) is 0.167. The molecule has 1 amide bonds. The predicted molar refractivity (Wildman–Crippen MR) is 92.6 cm³/mol. The maximum Gasteiger partial charge on any atom is 0.265 e. The summed E-state index contributed by atoms with van der Waals surface area (Å²) in [6.07, 6.45) is 2.68. The number of primary amides is 1. The number of carbonyl (C=O) groups excluding carboxylic acids is 2. The van der Waals surface area contributed by atoms with Crippen molar-refractivity contribution in [2.75, 3.05) is 6.61 Å². The largest absolute Gasteiger partial charge is 0.507 e. The van der Waals surface area contributed by atoms with E-state index in [-0.39, 0.29) is 17.9 Å². The number of aromatic hydroxyl groups is 1. The Morgan fingerprint density at radius 2 is 2.04 bits per heavy atom. The molecule has 7 heteroatoms. The normalized spacial score (nSPS) is 10.8. The molecule has 0 bridgehead atoms. The number of aryl methyl sites for hydroxylation is 1. The highest BCUT2D eigenvalue weighted by atomic mass is 16.5. The van der Waals surface area contributed by atoms with Crippen molar-refractivity contribution >= 4 is 17.8 Å². The smallest absolute Gasteiger partial charge is 0.265 e. The fourth-order valence-corrected chi connectivity index (χ4v) is 2.15. The van der Waals surface area contributed by atoms with Gasteiger partial charge in [-0.3, -0.25) is 14.4 Å². The molecule has 0 radical (unpaired) electrons. The van der Waals surface area contributed by atoms with Gasteiger partial charge in [0.25, 0.3) is 11.5 Å². The van der Waals surface area contributed by atoms with E-state index in [9.17, 15) is 19.5 Å². The van der Waals surface area contributed by atoms with Gasteiger partial charge >= 0.3 is 0 Å². The first-order valence-corrected chi connectivity index (χ1v) is 7.42. The van der Waals surface area contributed by atoms with Crippen LogP contribution in [0.3, 0.4) is 0 Å². The van der Waals surface area contributed by atoms with Crippen molar-refractivity contribution in [3.05, 3.63) is 63.6 Å². The lowest BCUT2D eigenvalue weighted by molar-refractivity contribution is -0.119. The lowest BCUT2D eigenvalue weighted by atomic mass is 10.1. The van der Waals surface area contributed by atoms with Crippen LogP contribution in [0.5, 0.6) is 11.5 Å². The maximum absolute atomic E-state index is 12.3. The molecule has 0 fully saturated rings. The van der Waals surface area contributed by atoms with Gasteiger partial charge in [-0.05, 0) is 30.7 Å². The molecule has 130 valence electrons. The van der Waals surface area contributed by atoms with E-state index in [1.807, 2.05) is 0 Å². The van der Waals surface area contributed by atoms with Crippen LogP contribution in [0, 0.1) is 6.92 Å². The molecule has 2 aromatic rings. The third-order valence-electron chi connectivity index (χ3n) is 3.56. The van der Waals surface area contributed by atoms with Gasteiger partial charge in [0.2, 0.25) is 0 Å². The van der Waals surface area contributed by atoms with Gasteiger partial charge in [0.1, 0.15) is 17.1 Å². The molecule has 3 N–H and O–H groups in total. The van der Waals surface area contributed by atoms with Crippen molar-refractivity contribution in [3.63, 3.8) is 0 Å². The van der Waals surface area contributed by atoms with Gasteiger partial charge in [0.05, 0.1) is 0 Å². The van der Waals surface area contributed by atoms with Crippen LogP contribution in [-0.4, -0.2) is 28.0 Å². The summed E-state index contributed by atoms with van der Waals surface area (Å²) in [7, 11) is 1.52. The molecule has 7 nitrogen and oxygen atoms in total. The van der Waals surface area contributed by atoms with Gasteiger partial charge in [-0.2, -0.15) is 0 Å². The van der Waals surface area contributed by atoms with Crippen LogP contribution in [0.1, 0.15) is 21.6 Å². The van der Waals surface area contributed by atoms with E-state index >= 15 is 0 Å². The zero-order valence-electron chi connectivity index (χ0n) is 13.9. The molecule has 1 aromatic carbocycles. The zero-order chi connectivity index (χ0) is 18.6. The van der Waals surface area contributed by atoms with E-state index < -0.39 is 17.2 Å². The predicted octanol–water partition coefficient (Wildman–Crippen LogP) is 1.16. The van der Waals surface area contributed by atoms with E-state index in [1.54, 1.807) is 31.2 Å². The standard InChI is InChI=1S/C18H18N2O5/c1-11-8-15(22)17(18(24)20(11)2)14(21)7-6-12-4-3-5-13(9-12)25-10-16(19)23/h3-9,22H,10H2,1-2H3,(H2,19,23)/b7-6+. The van der Waals surface area contributed by atoms with Gasteiger partial charge in [-0.25, -0.2) is 0 Å². The van der Waals surface area contributed by atoms with E-state index in [0.717, 1.165) is 0 Å². The first-order chi connectivity index (χ1) is 11.8. The number of aromatic nitrogens is 1. The minimum atomic E-state index is -0.610. The molecule has 0 aliphatic heterocycles. The summed E-state index contributed by atoms with van der Waals surface area (Å²) in [6.45, 7) is 1.40. The Morgan fingerprint density at radius 3 is 2.72 bits per heavy atom. The van der Waals surface area contributed by atoms with Crippen LogP contribution in [-0.2, 0) is 11.8 Å². The second kappa shape index (κ2) is 7.48. The number of rotatable bonds is 6. The third-order valence-corrected chi connectivity index (χ3v) is 3.56. The highest BCUT2D eigenvalue weighted by Gasteiger charge is 2.16. The fourth-order valence-electron chi connectivity index (χ4n) is 2.15. The molecule has 0 unspecified atom stereocenters. The molecule has 0 aliphatic carbocycles. The highest BCUT2D eigenvalue weighted by molar-refractivity contribution is 6.08. The first kappa shape index (κ1) is 18.0. The van der Waals surface area contributed by atoms with Crippen molar-refractivity contribution in [1.29, 1.82) is 0 Å². The quantitative estimate of drug-likeness (QED) is 0.604. The number of nitrogens with two attached hydrogens (primary N) is 1. The Morgan fingerprint density at radius 1 is 1.32 bits per heavy atom. The molecule has 0 atom stereocenters. The van der Waals surface area contributed by atoms with Gasteiger partial charge < -0.3 is 20.1 Å². The molecule has 2 rings (SSSR count). The number of allylic oxidation sites excluding steroid dienone is 1. The van der Waals surface area contributed by atoms with Gasteiger partial charge in [0.15, 0.2) is 12.4 Å². The van der Waals surface area contributed by atoms with Crippen molar-refractivity contribution in [2.24, 2.45) is 12.8 Å². The molecular formula is C18H18N2O5. The van der Waals surface area contributed by atoms with Gasteiger partial charge in [-0.15, -0.1) is 0 Å². The van der Waals surface area contributed by atoms with Crippen molar-refractivity contribution in [2.45, 2.75) is 6.92 Å². The summed E-state index contributed by atoms with van der Waals surface area (Å²) in [5.74, 6) is -1.14. The number of nitrogens with zero attached hydrogens (tertiary/aromatic N) is 1. The number of ketones is 1. The number of pyridine rings is 1. The highest BCUT2D eigenvalue weighted by Crippen LogP contribution is 2.17. The second-order valence-electron chi connectivity index (χ2n) is 5.44. The number of benzene rings is 1. The maximum atomic E-state index is 12.3. The van der Waals surface area contributed by atoms with Crippen LogP contribution in [0.25, 0.3) is 6.08 Å². The minimum Gasteiger partial charge on any atom is -0.507 e. The van der Waals surface area contributed by atoms with Crippen LogP contribution >= 0.6 is 0 Å². The molecule has 1 heterocycles. The van der Waals surface area contributed by atoms with Gasteiger partial charge in [0, 0.05) is 18.8 Å². The van der Waals surface area contributed by atoms with Gasteiger partial charge in [-0.1, -0.05) is 18.2 Å². The molecule has 0 aliphatic rings. The molecule has 0 saturated carbocycles. The lowest BCUT2D eigenvalue weighted by Crippen LogP contribution is -2.25. The number of hydrogen-bond donors (Lipinski definition) is 2. The Kier molecular flexibility index (Phi) is 5.38. The Hall–Kier alpha value is -3.35. The van der Waals surface area contributed by atoms with Crippen LogP contribution in [0.2, 0.25) is 0 Å². The topological polar surface area (TPSA) is 112 Å². The Bertz CT molecular complexity index is 912. The number of carbonyl (C=O) groups is 2. The van der Waals surface area contributed by atoms with E-state index in [0.29, 0.717) is 17.0 Å². The van der Waals surface area contributed by atoms with E-state index in [4.69, 9.17) is 10.5 Å². The minimum absolute atomic E-state index is 0.251.